The van der Waals surface area contributed by atoms with Crippen LogP contribution in [-0.2, 0) is 18.6 Å². The van der Waals surface area contributed by atoms with Crippen molar-refractivity contribution in [3.63, 3.8) is 0 Å². The van der Waals surface area contributed by atoms with Crippen LogP contribution in [0.3, 0.4) is 0 Å². The van der Waals surface area contributed by atoms with Crippen LogP contribution in [0, 0.1) is 0 Å². The zero-order valence-corrected chi connectivity index (χ0v) is 8.18. The number of fused-ring (bicyclic) bond motifs is 1. The SMILES string of the molecule is SCc1csc2c1CCCC2. The largest absolute Gasteiger partial charge is 0.175 e. The molecule has 0 amide bonds. The molecule has 0 aliphatic heterocycles. The summed E-state index contributed by atoms with van der Waals surface area (Å²) in [5.74, 6) is 0.922. The molecule has 1 aromatic heterocycles. The maximum atomic E-state index is 4.32. The first kappa shape index (κ1) is 7.69. The van der Waals surface area contributed by atoms with Gasteiger partial charge in [-0.05, 0) is 42.2 Å². The Balaban J connectivity index is 2.38. The van der Waals surface area contributed by atoms with Gasteiger partial charge in [-0.25, -0.2) is 0 Å². The van der Waals surface area contributed by atoms with Gasteiger partial charge in [0.25, 0.3) is 0 Å². The van der Waals surface area contributed by atoms with Crippen LogP contribution in [0.1, 0.15) is 28.8 Å². The van der Waals surface area contributed by atoms with Crippen molar-refractivity contribution < 1.29 is 0 Å². The fourth-order valence-corrected chi connectivity index (χ4v) is 3.25. The second-order valence-electron chi connectivity index (χ2n) is 3.03. The summed E-state index contributed by atoms with van der Waals surface area (Å²) in [5.41, 5.74) is 3.10. The molecule has 0 unspecified atom stereocenters. The van der Waals surface area contributed by atoms with Gasteiger partial charge in [0.1, 0.15) is 0 Å². The molecule has 0 saturated heterocycles. The Hall–Kier alpha value is 0.0500. The van der Waals surface area contributed by atoms with Gasteiger partial charge in [0, 0.05) is 10.6 Å². The predicted octanol–water partition coefficient (Wildman–Crippen LogP) is 3.06. The van der Waals surface area contributed by atoms with Crippen molar-refractivity contribution in [3.8, 4) is 0 Å². The Labute approximate surface area is 77.0 Å². The van der Waals surface area contributed by atoms with Crippen LogP contribution in [-0.4, -0.2) is 0 Å². The molecule has 0 bridgehead atoms. The lowest BCUT2D eigenvalue weighted by molar-refractivity contribution is 0.694. The smallest absolute Gasteiger partial charge is 0.0165 e. The number of aryl methyl sites for hydroxylation is 1. The van der Waals surface area contributed by atoms with Crippen molar-refractivity contribution in [1.82, 2.24) is 0 Å². The summed E-state index contributed by atoms with van der Waals surface area (Å²) in [6.07, 6.45) is 5.38. The molecule has 1 heterocycles. The normalized spacial score (nSPS) is 16.5. The summed E-state index contributed by atoms with van der Waals surface area (Å²) in [4.78, 5) is 1.63. The maximum Gasteiger partial charge on any atom is 0.0165 e. The van der Waals surface area contributed by atoms with E-state index in [9.17, 15) is 0 Å². The van der Waals surface area contributed by atoms with Gasteiger partial charge in [0.05, 0.1) is 0 Å². The lowest BCUT2D eigenvalue weighted by Gasteiger charge is -2.11. The minimum atomic E-state index is 0.922. The summed E-state index contributed by atoms with van der Waals surface area (Å²) < 4.78 is 0. The fraction of sp³-hybridized carbons (Fsp3) is 0.556. The lowest BCUT2D eigenvalue weighted by atomic mass is 9.97. The molecule has 2 rings (SSSR count). The Morgan fingerprint density at radius 2 is 2.18 bits per heavy atom. The van der Waals surface area contributed by atoms with Crippen LogP contribution in [0.4, 0.5) is 0 Å². The number of hydrogen-bond acceptors (Lipinski definition) is 2. The Morgan fingerprint density at radius 3 is 3.00 bits per heavy atom. The Morgan fingerprint density at radius 1 is 1.36 bits per heavy atom. The fourth-order valence-electron chi connectivity index (χ4n) is 1.69. The first-order valence-corrected chi connectivity index (χ1v) is 5.62. The van der Waals surface area contributed by atoms with Crippen molar-refractivity contribution in [2.45, 2.75) is 31.4 Å². The minimum Gasteiger partial charge on any atom is -0.175 e. The summed E-state index contributed by atoms with van der Waals surface area (Å²) in [5, 5.41) is 2.28. The highest BCUT2D eigenvalue weighted by Crippen LogP contribution is 2.30. The topological polar surface area (TPSA) is 0 Å². The van der Waals surface area contributed by atoms with E-state index in [1.807, 2.05) is 11.3 Å². The van der Waals surface area contributed by atoms with E-state index < -0.39 is 0 Å². The average molecular weight is 184 g/mol. The summed E-state index contributed by atoms with van der Waals surface area (Å²) in [6, 6.07) is 0. The monoisotopic (exact) mass is 184 g/mol. The van der Waals surface area contributed by atoms with Crippen molar-refractivity contribution in [2.24, 2.45) is 0 Å². The molecule has 0 N–H and O–H groups in total. The Bertz CT molecular complexity index is 237. The average Bonchev–Trinajstić information content (AvgIpc) is 2.47. The first-order valence-electron chi connectivity index (χ1n) is 4.11. The van der Waals surface area contributed by atoms with E-state index in [4.69, 9.17) is 0 Å². The lowest BCUT2D eigenvalue weighted by Crippen LogP contribution is -1.99. The highest BCUT2D eigenvalue weighted by atomic mass is 32.1. The van der Waals surface area contributed by atoms with Crippen LogP contribution in [0.2, 0.25) is 0 Å². The molecule has 1 aromatic rings. The van der Waals surface area contributed by atoms with Crippen LogP contribution in [0.15, 0.2) is 5.38 Å². The zero-order valence-electron chi connectivity index (χ0n) is 6.47. The van der Waals surface area contributed by atoms with Gasteiger partial charge in [-0.15, -0.1) is 11.3 Å². The van der Waals surface area contributed by atoms with Gasteiger partial charge in [-0.3, -0.25) is 0 Å². The third-order valence-electron chi connectivity index (χ3n) is 2.32. The molecule has 0 atom stereocenters. The number of hydrogen-bond donors (Lipinski definition) is 1. The third kappa shape index (κ3) is 1.34. The molecule has 0 aromatic carbocycles. The second-order valence-corrected chi connectivity index (χ2v) is 4.31. The predicted molar refractivity (Wildman–Crippen MR) is 53.7 cm³/mol. The van der Waals surface area contributed by atoms with E-state index in [0.29, 0.717) is 0 Å². The molecule has 2 heteroatoms. The van der Waals surface area contributed by atoms with Gasteiger partial charge in [-0.1, -0.05) is 0 Å². The van der Waals surface area contributed by atoms with Crippen molar-refractivity contribution in [2.75, 3.05) is 0 Å². The summed E-state index contributed by atoms with van der Waals surface area (Å²) >= 11 is 6.24. The van der Waals surface area contributed by atoms with Crippen LogP contribution in [0.25, 0.3) is 0 Å². The number of thiol groups is 1. The molecule has 0 radical (unpaired) electrons. The second kappa shape index (κ2) is 3.20. The van der Waals surface area contributed by atoms with E-state index in [1.165, 1.54) is 31.2 Å². The van der Waals surface area contributed by atoms with Gasteiger partial charge >= 0.3 is 0 Å². The standard InChI is InChI=1S/C9H12S2/c10-5-7-6-11-9-4-2-1-3-8(7)9/h6,10H,1-5H2. The van der Waals surface area contributed by atoms with E-state index in [2.05, 4.69) is 18.0 Å². The first-order chi connectivity index (χ1) is 5.42. The molecule has 1 aliphatic carbocycles. The number of thiophene rings is 1. The highest BCUT2D eigenvalue weighted by molar-refractivity contribution is 7.79. The van der Waals surface area contributed by atoms with E-state index in [1.54, 1.807) is 10.4 Å². The highest BCUT2D eigenvalue weighted by Gasteiger charge is 2.13. The maximum absolute atomic E-state index is 4.32. The van der Waals surface area contributed by atoms with Crippen LogP contribution >= 0.6 is 24.0 Å². The van der Waals surface area contributed by atoms with Crippen molar-refractivity contribution >= 4 is 24.0 Å². The van der Waals surface area contributed by atoms with Crippen molar-refractivity contribution in [1.29, 1.82) is 0 Å². The summed E-state index contributed by atoms with van der Waals surface area (Å²) in [6.45, 7) is 0. The van der Waals surface area contributed by atoms with E-state index in [-0.39, 0.29) is 0 Å². The summed E-state index contributed by atoms with van der Waals surface area (Å²) in [7, 11) is 0. The van der Waals surface area contributed by atoms with E-state index >= 15 is 0 Å². The van der Waals surface area contributed by atoms with Crippen molar-refractivity contribution in [3.05, 3.63) is 21.4 Å². The third-order valence-corrected chi connectivity index (χ3v) is 3.80. The zero-order chi connectivity index (χ0) is 7.68. The molecule has 1 aliphatic rings. The van der Waals surface area contributed by atoms with E-state index in [0.717, 1.165) is 5.75 Å². The van der Waals surface area contributed by atoms with Gasteiger partial charge < -0.3 is 0 Å². The van der Waals surface area contributed by atoms with Gasteiger partial charge in [0.2, 0.25) is 0 Å². The molecular formula is C9H12S2. The van der Waals surface area contributed by atoms with Crippen LogP contribution < -0.4 is 0 Å². The quantitative estimate of drug-likeness (QED) is 0.637. The molecule has 60 valence electrons. The molecule has 11 heavy (non-hydrogen) atoms. The molecule has 0 spiro atoms. The molecular weight excluding hydrogens is 172 g/mol. The van der Waals surface area contributed by atoms with Crippen LogP contribution in [0.5, 0.6) is 0 Å². The Kier molecular flexibility index (Phi) is 2.23. The molecule has 0 saturated carbocycles. The van der Waals surface area contributed by atoms with Gasteiger partial charge in [-0.2, -0.15) is 12.6 Å². The molecule has 0 fully saturated rings. The number of rotatable bonds is 1. The molecule has 0 nitrogen and oxygen atoms in total. The van der Waals surface area contributed by atoms with Gasteiger partial charge in [0.15, 0.2) is 0 Å². The minimum absolute atomic E-state index is 0.922.